The Balaban J connectivity index is 1.89. The van der Waals surface area contributed by atoms with E-state index in [9.17, 15) is 4.79 Å². The van der Waals surface area contributed by atoms with Crippen molar-refractivity contribution in [3.63, 3.8) is 0 Å². The highest BCUT2D eigenvalue weighted by Gasteiger charge is 2.51. The Morgan fingerprint density at radius 2 is 2.06 bits per heavy atom. The predicted octanol–water partition coefficient (Wildman–Crippen LogP) is 6.96. The lowest BCUT2D eigenvalue weighted by Gasteiger charge is -2.44. The lowest BCUT2D eigenvalue weighted by molar-refractivity contribution is -0.125. The number of carbonyl (C=O) groups excluding carboxylic acids is 1. The zero-order valence-electron chi connectivity index (χ0n) is 18.6. The zero-order valence-corrected chi connectivity index (χ0v) is 20.3. The predicted molar refractivity (Wildman–Crippen MR) is 127 cm³/mol. The number of hydrogen-bond acceptors (Lipinski definition) is 2. The molecular formula is C25H32ClF2NOS. The molecule has 0 saturated carbocycles. The van der Waals surface area contributed by atoms with E-state index in [2.05, 4.69) is 24.0 Å². The summed E-state index contributed by atoms with van der Waals surface area (Å²) in [7, 11) is 0. The molecule has 3 rings (SSSR count). The van der Waals surface area contributed by atoms with Crippen LogP contribution in [0.3, 0.4) is 0 Å². The molecule has 170 valence electrons. The molecule has 1 aromatic rings. The molecule has 1 N–H and O–H groups in total. The van der Waals surface area contributed by atoms with Gasteiger partial charge in [-0.25, -0.2) is 8.78 Å². The van der Waals surface area contributed by atoms with Gasteiger partial charge in [-0.05, 0) is 79.9 Å². The van der Waals surface area contributed by atoms with Crippen molar-refractivity contribution in [1.82, 2.24) is 5.32 Å². The standard InChI is InChI=1S/C25H32ClF2NOS/c1-15-9-20(12-21(26)10-15)24(3,25(4,27)28)13-19(14-31)17-5-7-22-18(11-17)6-8-23(22)29-16(2)30/h5,7,9-11,19-20,23,31H,6,8,12-14H2,1-4H3,(H,29,30)/t19?,20-,23?,24?/m1/s1. The minimum Gasteiger partial charge on any atom is -0.350 e. The summed E-state index contributed by atoms with van der Waals surface area (Å²) in [5.74, 6) is -2.89. The van der Waals surface area contributed by atoms with Crippen molar-refractivity contribution in [2.75, 3.05) is 5.75 Å². The molecule has 4 atom stereocenters. The zero-order chi connectivity index (χ0) is 23.0. The van der Waals surface area contributed by atoms with Gasteiger partial charge in [-0.15, -0.1) is 0 Å². The Bertz CT molecular complexity index is 907. The van der Waals surface area contributed by atoms with Crippen LogP contribution in [-0.4, -0.2) is 17.6 Å². The maximum Gasteiger partial charge on any atom is 0.251 e. The van der Waals surface area contributed by atoms with Gasteiger partial charge in [0.15, 0.2) is 0 Å². The van der Waals surface area contributed by atoms with E-state index in [1.54, 1.807) is 6.92 Å². The highest BCUT2D eigenvalue weighted by atomic mass is 35.5. The Kier molecular flexibility index (Phi) is 7.27. The first-order valence-corrected chi connectivity index (χ1v) is 11.9. The van der Waals surface area contributed by atoms with Crippen LogP contribution in [0.15, 0.2) is 41.0 Å². The van der Waals surface area contributed by atoms with Crippen LogP contribution in [0.1, 0.15) is 75.6 Å². The average molecular weight is 468 g/mol. The van der Waals surface area contributed by atoms with Crippen molar-refractivity contribution in [3.05, 3.63) is 57.6 Å². The molecular weight excluding hydrogens is 436 g/mol. The lowest BCUT2D eigenvalue weighted by Crippen LogP contribution is -2.44. The van der Waals surface area contributed by atoms with Crippen LogP contribution in [0.5, 0.6) is 0 Å². The molecule has 2 aliphatic carbocycles. The Morgan fingerprint density at radius 3 is 2.65 bits per heavy atom. The molecule has 0 radical (unpaired) electrons. The number of halogens is 3. The summed E-state index contributed by atoms with van der Waals surface area (Å²) in [5.41, 5.74) is 3.02. The molecule has 0 bridgehead atoms. The van der Waals surface area contributed by atoms with Gasteiger partial charge in [0, 0.05) is 17.4 Å². The first kappa shape index (κ1) is 24.3. The smallest absolute Gasteiger partial charge is 0.251 e. The molecule has 0 aromatic heterocycles. The van der Waals surface area contributed by atoms with Gasteiger partial charge >= 0.3 is 0 Å². The van der Waals surface area contributed by atoms with E-state index in [1.807, 2.05) is 31.2 Å². The molecule has 0 heterocycles. The second-order valence-corrected chi connectivity index (χ2v) is 10.3. The molecule has 31 heavy (non-hydrogen) atoms. The summed E-state index contributed by atoms with van der Waals surface area (Å²) in [6.07, 6.45) is 6.28. The summed E-state index contributed by atoms with van der Waals surface area (Å²) in [6, 6.07) is 6.22. The molecule has 0 aliphatic heterocycles. The van der Waals surface area contributed by atoms with Crippen LogP contribution in [0.25, 0.3) is 0 Å². The number of amides is 1. The second-order valence-electron chi connectivity index (χ2n) is 9.45. The number of thiol groups is 1. The average Bonchev–Trinajstić information content (AvgIpc) is 3.05. The highest BCUT2D eigenvalue weighted by Crippen LogP contribution is 2.53. The summed E-state index contributed by atoms with van der Waals surface area (Å²) in [5, 5.41) is 3.62. The highest BCUT2D eigenvalue weighted by molar-refractivity contribution is 7.80. The molecule has 1 aromatic carbocycles. The number of alkyl halides is 2. The van der Waals surface area contributed by atoms with Crippen LogP contribution in [0.2, 0.25) is 0 Å². The van der Waals surface area contributed by atoms with Crippen molar-refractivity contribution in [2.45, 2.75) is 71.3 Å². The fourth-order valence-electron chi connectivity index (χ4n) is 5.09. The van der Waals surface area contributed by atoms with E-state index >= 15 is 8.78 Å². The van der Waals surface area contributed by atoms with Crippen LogP contribution in [0.4, 0.5) is 8.78 Å². The first-order chi connectivity index (χ1) is 14.4. The number of hydrogen-bond donors (Lipinski definition) is 2. The third-order valence-electron chi connectivity index (χ3n) is 7.07. The van der Waals surface area contributed by atoms with Crippen LogP contribution >= 0.6 is 24.2 Å². The minimum atomic E-state index is -2.88. The Morgan fingerprint density at radius 1 is 1.35 bits per heavy atom. The van der Waals surface area contributed by atoms with Crippen molar-refractivity contribution in [2.24, 2.45) is 11.3 Å². The minimum absolute atomic E-state index is 0.0329. The van der Waals surface area contributed by atoms with E-state index in [0.29, 0.717) is 23.6 Å². The fraction of sp³-hybridized carbons (Fsp3) is 0.560. The van der Waals surface area contributed by atoms with Gasteiger partial charge < -0.3 is 5.32 Å². The van der Waals surface area contributed by atoms with Gasteiger partial charge in [0.2, 0.25) is 5.91 Å². The molecule has 2 aliphatic rings. The first-order valence-electron chi connectivity index (χ1n) is 10.9. The maximum atomic E-state index is 15.1. The van der Waals surface area contributed by atoms with Crippen LogP contribution < -0.4 is 5.32 Å². The van der Waals surface area contributed by atoms with E-state index in [-0.39, 0.29) is 23.8 Å². The van der Waals surface area contributed by atoms with E-state index in [0.717, 1.165) is 36.5 Å². The molecule has 0 saturated heterocycles. The normalized spacial score (nSPS) is 24.0. The topological polar surface area (TPSA) is 29.1 Å². The van der Waals surface area contributed by atoms with Gasteiger partial charge in [0.25, 0.3) is 5.92 Å². The Labute approximate surface area is 194 Å². The SMILES string of the molecule is CC(=O)NC1CCc2cc(C(CS)CC(C)([C@@H]3C=C(C)C=C(Cl)C3)C(C)(F)F)ccc21. The molecule has 0 fully saturated rings. The summed E-state index contributed by atoms with van der Waals surface area (Å²) in [6.45, 7) is 6.15. The lowest BCUT2D eigenvalue weighted by atomic mass is 9.64. The van der Waals surface area contributed by atoms with Gasteiger partial charge in [-0.3, -0.25) is 4.79 Å². The van der Waals surface area contributed by atoms with Gasteiger partial charge in [0.1, 0.15) is 0 Å². The van der Waals surface area contributed by atoms with Gasteiger partial charge in [-0.1, -0.05) is 48.4 Å². The quantitative estimate of drug-likeness (QED) is 0.417. The van der Waals surface area contributed by atoms with E-state index in [4.69, 9.17) is 11.6 Å². The number of aryl methyl sites for hydroxylation is 1. The number of nitrogens with one attached hydrogen (secondary N) is 1. The number of benzene rings is 1. The molecule has 3 unspecified atom stereocenters. The number of rotatable bonds is 7. The number of fused-ring (bicyclic) bond motifs is 1. The number of carbonyl (C=O) groups is 1. The van der Waals surface area contributed by atoms with Crippen molar-refractivity contribution >= 4 is 30.1 Å². The molecule has 0 spiro atoms. The van der Waals surface area contributed by atoms with E-state index < -0.39 is 11.3 Å². The summed E-state index contributed by atoms with van der Waals surface area (Å²) < 4.78 is 30.1. The van der Waals surface area contributed by atoms with Crippen LogP contribution in [-0.2, 0) is 11.2 Å². The number of allylic oxidation sites excluding steroid dienone is 4. The van der Waals surface area contributed by atoms with Crippen LogP contribution in [0, 0.1) is 11.3 Å². The fourth-order valence-corrected chi connectivity index (χ4v) is 5.77. The van der Waals surface area contributed by atoms with Crippen molar-refractivity contribution in [1.29, 1.82) is 0 Å². The largest absolute Gasteiger partial charge is 0.350 e. The van der Waals surface area contributed by atoms with E-state index in [1.165, 1.54) is 12.5 Å². The van der Waals surface area contributed by atoms with Gasteiger partial charge in [0.05, 0.1) is 6.04 Å². The molecule has 1 amide bonds. The Hall–Kier alpha value is -1.33. The molecule has 6 heteroatoms. The van der Waals surface area contributed by atoms with Gasteiger partial charge in [-0.2, -0.15) is 12.6 Å². The summed E-state index contributed by atoms with van der Waals surface area (Å²) in [4.78, 5) is 11.5. The second kappa shape index (κ2) is 9.27. The van der Waals surface area contributed by atoms with Crippen molar-refractivity contribution in [3.8, 4) is 0 Å². The monoisotopic (exact) mass is 467 g/mol. The molecule has 2 nitrogen and oxygen atoms in total. The third-order valence-corrected chi connectivity index (χ3v) is 7.77. The summed E-state index contributed by atoms with van der Waals surface area (Å²) >= 11 is 10.8. The third kappa shape index (κ3) is 5.19. The van der Waals surface area contributed by atoms with Crippen molar-refractivity contribution < 1.29 is 13.6 Å². The maximum absolute atomic E-state index is 15.1.